The van der Waals surface area contributed by atoms with Gasteiger partial charge in [-0.25, -0.2) is 4.79 Å². The maximum atomic E-state index is 12.2. The highest BCUT2D eigenvalue weighted by atomic mass is 16.5. The molecule has 0 heterocycles. The minimum atomic E-state index is -0.872. The van der Waals surface area contributed by atoms with Crippen LogP contribution in [0.3, 0.4) is 0 Å². The van der Waals surface area contributed by atoms with Crippen molar-refractivity contribution in [2.24, 2.45) is 0 Å². The average molecular weight is 311 g/mol. The fraction of sp³-hybridized carbons (Fsp3) is 0.263. The normalized spacial score (nSPS) is 11.7. The van der Waals surface area contributed by atoms with E-state index < -0.39 is 12.1 Å². The zero-order valence-electron chi connectivity index (χ0n) is 13.8. The number of ether oxygens (including phenoxy) is 1. The molecule has 0 aliphatic carbocycles. The van der Waals surface area contributed by atoms with E-state index in [0.29, 0.717) is 5.56 Å². The molecule has 1 N–H and O–H groups in total. The molecule has 23 heavy (non-hydrogen) atoms. The van der Waals surface area contributed by atoms with Crippen molar-refractivity contribution in [2.45, 2.75) is 33.8 Å². The predicted molar refractivity (Wildman–Crippen MR) is 90.6 cm³/mol. The highest BCUT2D eigenvalue weighted by Gasteiger charge is 2.20. The lowest BCUT2D eigenvalue weighted by Crippen LogP contribution is -2.30. The number of aryl methyl sites for hydroxylation is 3. The summed E-state index contributed by atoms with van der Waals surface area (Å²) in [5, 5.41) is 2.79. The van der Waals surface area contributed by atoms with E-state index in [1.807, 2.05) is 51.1 Å². The lowest BCUT2D eigenvalue weighted by molar-refractivity contribution is -0.123. The van der Waals surface area contributed by atoms with E-state index in [4.69, 9.17) is 4.74 Å². The van der Waals surface area contributed by atoms with Crippen LogP contribution in [0.4, 0.5) is 5.69 Å². The van der Waals surface area contributed by atoms with Gasteiger partial charge >= 0.3 is 5.97 Å². The van der Waals surface area contributed by atoms with Gasteiger partial charge in [0.25, 0.3) is 5.91 Å². The van der Waals surface area contributed by atoms with Crippen molar-refractivity contribution in [1.29, 1.82) is 0 Å². The van der Waals surface area contributed by atoms with Crippen LogP contribution in [0.1, 0.15) is 34.0 Å². The molecule has 4 nitrogen and oxygen atoms in total. The molecule has 120 valence electrons. The first-order chi connectivity index (χ1) is 10.9. The zero-order valence-corrected chi connectivity index (χ0v) is 13.8. The second-order valence-electron chi connectivity index (χ2n) is 5.67. The molecule has 4 heteroatoms. The van der Waals surface area contributed by atoms with E-state index in [-0.39, 0.29) is 5.91 Å². The van der Waals surface area contributed by atoms with Gasteiger partial charge in [0.15, 0.2) is 6.10 Å². The van der Waals surface area contributed by atoms with Gasteiger partial charge in [-0.15, -0.1) is 0 Å². The van der Waals surface area contributed by atoms with Crippen molar-refractivity contribution in [3.63, 3.8) is 0 Å². The molecule has 1 unspecified atom stereocenters. The standard InChI is InChI=1S/C19H21NO3/c1-12-9-10-17(14(3)11-12)20-18(21)15(4)23-19(22)16-8-6-5-7-13(16)2/h5-11,15H,1-4H3,(H,20,21). The number of carbonyl (C=O) groups excluding carboxylic acids is 2. The molecule has 0 saturated carbocycles. The summed E-state index contributed by atoms with van der Waals surface area (Å²) < 4.78 is 5.26. The number of rotatable bonds is 4. The molecule has 0 bridgehead atoms. The molecule has 0 aliphatic rings. The van der Waals surface area contributed by atoms with E-state index in [2.05, 4.69) is 5.32 Å². The van der Waals surface area contributed by atoms with E-state index in [0.717, 1.165) is 22.4 Å². The first-order valence-electron chi connectivity index (χ1n) is 7.53. The van der Waals surface area contributed by atoms with Gasteiger partial charge in [0.1, 0.15) is 0 Å². The molecule has 0 radical (unpaired) electrons. The summed E-state index contributed by atoms with van der Waals surface area (Å²) in [6.07, 6.45) is -0.872. The van der Waals surface area contributed by atoms with Gasteiger partial charge in [-0.2, -0.15) is 0 Å². The Morgan fingerprint density at radius 2 is 1.70 bits per heavy atom. The van der Waals surface area contributed by atoms with Crippen molar-refractivity contribution < 1.29 is 14.3 Å². The summed E-state index contributed by atoms with van der Waals surface area (Å²) in [5.74, 6) is -0.842. The van der Waals surface area contributed by atoms with Crippen LogP contribution >= 0.6 is 0 Å². The van der Waals surface area contributed by atoms with Crippen LogP contribution in [0.5, 0.6) is 0 Å². The Labute approximate surface area is 136 Å². The quantitative estimate of drug-likeness (QED) is 0.874. The van der Waals surface area contributed by atoms with Crippen LogP contribution in [-0.4, -0.2) is 18.0 Å². The third kappa shape index (κ3) is 4.19. The molecule has 2 aromatic carbocycles. The van der Waals surface area contributed by atoms with Gasteiger partial charge in [-0.05, 0) is 51.0 Å². The summed E-state index contributed by atoms with van der Waals surface area (Å²) in [6, 6.07) is 12.9. The Bertz CT molecular complexity index is 737. The first kappa shape index (κ1) is 16.7. The highest BCUT2D eigenvalue weighted by molar-refractivity contribution is 5.98. The topological polar surface area (TPSA) is 55.4 Å². The fourth-order valence-electron chi connectivity index (χ4n) is 2.27. The Balaban J connectivity index is 2.03. The number of carbonyl (C=O) groups is 2. The maximum Gasteiger partial charge on any atom is 0.339 e. The number of amides is 1. The summed E-state index contributed by atoms with van der Waals surface area (Å²) in [5.41, 5.74) is 4.10. The fourth-order valence-corrected chi connectivity index (χ4v) is 2.27. The van der Waals surface area contributed by atoms with Crippen LogP contribution in [0, 0.1) is 20.8 Å². The maximum absolute atomic E-state index is 12.2. The molecule has 0 saturated heterocycles. The highest BCUT2D eigenvalue weighted by Crippen LogP contribution is 2.17. The van der Waals surface area contributed by atoms with Crippen molar-refractivity contribution in [3.05, 3.63) is 64.7 Å². The van der Waals surface area contributed by atoms with Gasteiger partial charge in [-0.3, -0.25) is 4.79 Å². The molecule has 0 spiro atoms. The number of hydrogen-bond donors (Lipinski definition) is 1. The molecule has 0 fully saturated rings. The second kappa shape index (κ2) is 7.09. The third-order valence-corrected chi connectivity index (χ3v) is 3.66. The lowest BCUT2D eigenvalue weighted by atomic mass is 10.1. The Morgan fingerprint density at radius 1 is 1.00 bits per heavy atom. The SMILES string of the molecule is Cc1ccc(NC(=O)C(C)OC(=O)c2ccccc2C)c(C)c1. The number of hydrogen-bond acceptors (Lipinski definition) is 3. The Morgan fingerprint density at radius 3 is 2.35 bits per heavy atom. The second-order valence-corrected chi connectivity index (χ2v) is 5.67. The smallest absolute Gasteiger partial charge is 0.339 e. The van der Waals surface area contributed by atoms with Crippen LogP contribution in [0.2, 0.25) is 0 Å². The Hall–Kier alpha value is -2.62. The molecular formula is C19H21NO3. The van der Waals surface area contributed by atoms with E-state index >= 15 is 0 Å². The van der Waals surface area contributed by atoms with Gasteiger partial charge in [0, 0.05) is 5.69 Å². The van der Waals surface area contributed by atoms with Crippen LogP contribution in [0.25, 0.3) is 0 Å². The number of nitrogens with one attached hydrogen (secondary N) is 1. The molecule has 1 atom stereocenters. The molecule has 0 aromatic heterocycles. The van der Waals surface area contributed by atoms with Gasteiger partial charge in [0.2, 0.25) is 0 Å². The van der Waals surface area contributed by atoms with Crippen molar-refractivity contribution in [3.8, 4) is 0 Å². The minimum Gasteiger partial charge on any atom is -0.449 e. The van der Waals surface area contributed by atoms with E-state index in [9.17, 15) is 9.59 Å². The van der Waals surface area contributed by atoms with E-state index in [1.165, 1.54) is 0 Å². The molecule has 2 aromatic rings. The minimum absolute atomic E-state index is 0.348. The molecule has 1 amide bonds. The summed E-state index contributed by atoms with van der Waals surface area (Å²) in [6.45, 7) is 7.31. The van der Waals surface area contributed by atoms with Crippen molar-refractivity contribution >= 4 is 17.6 Å². The molecule has 0 aliphatic heterocycles. The average Bonchev–Trinajstić information content (AvgIpc) is 2.50. The van der Waals surface area contributed by atoms with E-state index in [1.54, 1.807) is 19.1 Å². The van der Waals surface area contributed by atoms with Crippen LogP contribution in [-0.2, 0) is 9.53 Å². The number of esters is 1. The summed E-state index contributed by atoms with van der Waals surface area (Å²) >= 11 is 0. The molecule has 2 rings (SSSR count). The third-order valence-electron chi connectivity index (χ3n) is 3.66. The van der Waals surface area contributed by atoms with Gasteiger partial charge in [-0.1, -0.05) is 35.9 Å². The predicted octanol–water partition coefficient (Wildman–Crippen LogP) is 3.80. The van der Waals surface area contributed by atoms with Crippen LogP contribution in [0.15, 0.2) is 42.5 Å². The van der Waals surface area contributed by atoms with Crippen LogP contribution < -0.4 is 5.32 Å². The number of benzene rings is 2. The van der Waals surface area contributed by atoms with Gasteiger partial charge < -0.3 is 10.1 Å². The Kier molecular flexibility index (Phi) is 5.16. The summed E-state index contributed by atoms with van der Waals surface area (Å²) in [7, 11) is 0. The first-order valence-corrected chi connectivity index (χ1v) is 7.53. The summed E-state index contributed by atoms with van der Waals surface area (Å²) in [4.78, 5) is 24.4. The monoisotopic (exact) mass is 311 g/mol. The lowest BCUT2D eigenvalue weighted by Gasteiger charge is -2.15. The molecular weight excluding hydrogens is 290 g/mol. The van der Waals surface area contributed by atoms with Crippen molar-refractivity contribution in [1.82, 2.24) is 0 Å². The van der Waals surface area contributed by atoms with Crippen molar-refractivity contribution in [2.75, 3.05) is 5.32 Å². The van der Waals surface area contributed by atoms with Gasteiger partial charge in [0.05, 0.1) is 5.56 Å². The number of anilines is 1. The zero-order chi connectivity index (χ0) is 17.0. The largest absolute Gasteiger partial charge is 0.449 e.